The van der Waals surface area contributed by atoms with Gasteiger partial charge in [0.05, 0.1) is 12.2 Å². The van der Waals surface area contributed by atoms with Crippen LogP contribution in [0.25, 0.3) is 0 Å². The highest BCUT2D eigenvalue weighted by atomic mass is 35.5. The normalized spacial score (nSPS) is 20.9. The van der Waals surface area contributed by atoms with Crippen molar-refractivity contribution in [1.82, 2.24) is 4.90 Å². The Balaban J connectivity index is 1.81. The molecule has 1 spiro atoms. The van der Waals surface area contributed by atoms with E-state index < -0.39 is 4.87 Å². The lowest BCUT2D eigenvalue weighted by Crippen LogP contribution is -2.51. The highest BCUT2D eigenvalue weighted by molar-refractivity contribution is 8.01. The van der Waals surface area contributed by atoms with Crippen molar-refractivity contribution >= 4 is 40.9 Å². The smallest absolute Gasteiger partial charge is 0.268 e. The number of ether oxygens (including phenoxy) is 1. The van der Waals surface area contributed by atoms with Gasteiger partial charge in [0.15, 0.2) is 4.87 Å². The predicted molar refractivity (Wildman–Crippen MR) is 112 cm³/mol. The van der Waals surface area contributed by atoms with Crippen LogP contribution in [0.1, 0.15) is 16.7 Å². The van der Waals surface area contributed by atoms with Crippen molar-refractivity contribution in [3.63, 3.8) is 0 Å². The Morgan fingerprint density at radius 1 is 1.29 bits per heavy atom. The van der Waals surface area contributed by atoms with Gasteiger partial charge in [-0.2, -0.15) is 0 Å². The third-order valence-corrected chi connectivity index (χ3v) is 6.99. The van der Waals surface area contributed by atoms with E-state index in [1.807, 2.05) is 49.4 Å². The van der Waals surface area contributed by atoms with E-state index in [1.54, 1.807) is 9.80 Å². The second-order valence-electron chi connectivity index (χ2n) is 6.97. The van der Waals surface area contributed by atoms with Gasteiger partial charge in [-0.25, -0.2) is 0 Å². The molecule has 0 aliphatic carbocycles. The molecule has 2 aromatic rings. The first-order chi connectivity index (χ1) is 13.5. The molecule has 1 atom stereocenters. The van der Waals surface area contributed by atoms with Crippen LogP contribution >= 0.6 is 23.4 Å². The molecule has 5 nitrogen and oxygen atoms in total. The molecule has 2 amide bonds. The lowest BCUT2D eigenvalue weighted by Gasteiger charge is -2.33. The van der Waals surface area contributed by atoms with E-state index in [1.165, 1.54) is 18.9 Å². The number of halogens is 1. The number of aryl methyl sites for hydroxylation is 1. The summed E-state index contributed by atoms with van der Waals surface area (Å²) in [5, 5.41) is 0.622. The maximum Gasteiger partial charge on any atom is 0.268 e. The van der Waals surface area contributed by atoms with Crippen molar-refractivity contribution in [2.24, 2.45) is 0 Å². The van der Waals surface area contributed by atoms with Crippen LogP contribution in [0.15, 0.2) is 42.5 Å². The number of rotatable bonds is 4. The average Bonchev–Trinajstić information content (AvgIpc) is 3.21. The van der Waals surface area contributed by atoms with Crippen molar-refractivity contribution < 1.29 is 14.3 Å². The van der Waals surface area contributed by atoms with Gasteiger partial charge < -0.3 is 14.5 Å². The molecular formula is C21H21ClN2O3S. The Morgan fingerprint density at radius 2 is 2.07 bits per heavy atom. The molecule has 0 unspecified atom stereocenters. The Bertz CT molecular complexity index is 951. The molecule has 0 aromatic heterocycles. The van der Waals surface area contributed by atoms with E-state index in [0.29, 0.717) is 23.9 Å². The molecule has 0 radical (unpaired) electrons. The molecule has 1 saturated heterocycles. The molecule has 7 heteroatoms. The number of carbonyl (C=O) groups excluding carboxylic acids is 2. The quantitative estimate of drug-likeness (QED) is 0.764. The second-order valence-corrected chi connectivity index (χ2v) is 8.67. The zero-order valence-corrected chi connectivity index (χ0v) is 17.3. The number of anilines is 1. The molecule has 0 bridgehead atoms. The number of thioether (sulfide) groups is 1. The number of methoxy groups -OCH3 is 1. The summed E-state index contributed by atoms with van der Waals surface area (Å²) in [6.07, 6.45) is 0. The van der Waals surface area contributed by atoms with Gasteiger partial charge in [-0.15, -0.1) is 11.8 Å². The minimum Gasteiger partial charge on any atom is -0.375 e. The van der Waals surface area contributed by atoms with E-state index in [-0.39, 0.29) is 18.4 Å². The first kappa shape index (κ1) is 19.3. The summed E-state index contributed by atoms with van der Waals surface area (Å²) in [5.41, 5.74) is 3.63. The molecule has 2 aromatic carbocycles. The third-order valence-electron chi connectivity index (χ3n) is 5.20. The van der Waals surface area contributed by atoms with Gasteiger partial charge in [-0.1, -0.05) is 47.5 Å². The minimum absolute atomic E-state index is 0.0404. The molecule has 146 valence electrons. The van der Waals surface area contributed by atoms with E-state index in [0.717, 1.165) is 22.4 Å². The monoisotopic (exact) mass is 416 g/mol. The van der Waals surface area contributed by atoms with Gasteiger partial charge in [0, 0.05) is 30.0 Å². The number of amides is 2. The maximum absolute atomic E-state index is 13.8. The summed E-state index contributed by atoms with van der Waals surface area (Å²) < 4.78 is 5.06. The summed E-state index contributed by atoms with van der Waals surface area (Å²) in [6, 6.07) is 13.5. The summed E-state index contributed by atoms with van der Waals surface area (Å²) in [7, 11) is 1.49. The Morgan fingerprint density at radius 3 is 2.82 bits per heavy atom. The molecule has 4 rings (SSSR count). The van der Waals surface area contributed by atoms with Gasteiger partial charge in [-0.3, -0.25) is 9.59 Å². The largest absolute Gasteiger partial charge is 0.375 e. The maximum atomic E-state index is 13.8. The average molecular weight is 417 g/mol. The van der Waals surface area contributed by atoms with Gasteiger partial charge >= 0.3 is 0 Å². The highest BCUT2D eigenvalue weighted by Crippen LogP contribution is 2.54. The summed E-state index contributed by atoms with van der Waals surface area (Å²) >= 11 is 7.87. The fourth-order valence-corrected chi connectivity index (χ4v) is 5.61. The molecule has 0 saturated carbocycles. The van der Waals surface area contributed by atoms with Crippen LogP contribution < -0.4 is 4.90 Å². The van der Waals surface area contributed by atoms with Crippen LogP contribution in [0.3, 0.4) is 0 Å². The number of nitrogens with zero attached hydrogens (tertiary/aromatic N) is 2. The molecule has 1 fully saturated rings. The molecule has 0 N–H and O–H groups in total. The predicted octanol–water partition coefficient (Wildman–Crippen LogP) is 3.57. The van der Waals surface area contributed by atoms with Crippen molar-refractivity contribution in [2.75, 3.05) is 30.9 Å². The van der Waals surface area contributed by atoms with Crippen LogP contribution in [-0.4, -0.2) is 42.7 Å². The van der Waals surface area contributed by atoms with Crippen LogP contribution in [-0.2, 0) is 25.7 Å². The van der Waals surface area contributed by atoms with Crippen molar-refractivity contribution in [1.29, 1.82) is 0 Å². The first-order valence-corrected chi connectivity index (χ1v) is 10.4. The highest BCUT2D eigenvalue weighted by Gasteiger charge is 2.59. The van der Waals surface area contributed by atoms with Gasteiger partial charge in [0.1, 0.15) is 6.61 Å². The number of hydrogen-bond acceptors (Lipinski definition) is 4. The summed E-state index contributed by atoms with van der Waals surface area (Å²) in [4.78, 5) is 28.9. The van der Waals surface area contributed by atoms with Gasteiger partial charge in [0.25, 0.3) is 5.91 Å². The van der Waals surface area contributed by atoms with E-state index in [9.17, 15) is 9.59 Å². The van der Waals surface area contributed by atoms with Gasteiger partial charge in [0.2, 0.25) is 5.91 Å². The standard InChI is InChI=1S/C21H21ClN2O3S/c1-14-7-8-18-16(11-14)21(24(9-10-28-21)19(25)13-27-2)20(26)23(18)12-15-5-3-4-6-17(15)22/h3-8,11H,9-10,12-13H2,1-2H3/t21-/m1/s1. The summed E-state index contributed by atoms with van der Waals surface area (Å²) in [5.74, 6) is 0.432. The van der Waals surface area contributed by atoms with Crippen LogP contribution in [0.4, 0.5) is 5.69 Å². The molecule has 2 aliphatic heterocycles. The van der Waals surface area contributed by atoms with Crippen LogP contribution in [0, 0.1) is 6.92 Å². The zero-order chi connectivity index (χ0) is 19.9. The Kier molecular flexibility index (Phi) is 5.12. The third kappa shape index (κ3) is 2.91. The van der Waals surface area contributed by atoms with E-state index in [2.05, 4.69) is 0 Å². The lowest BCUT2D eigenvalue weighted by molar-refractivity contribution is -0.143. The molecule has 28 heavy (non-hydrogen) atoms. The Hall–Kier alpha value is -2.02. The van der Waals surface area contributed by atoms with E-state index in [4.69, 9.17) is 16.3 Å². The lowest BCUT2D eigenvalue weighted by atomic mass is 10.0. The zero-order valence-electron chi connectivity index (χ0n) is 15.8. The number of carbonyl (C=O) groups is 2. The van der Waals surface area contributed by atoms with E-state index >= 15 is 0 Å². The minimum atomic E-state index is -1.03. The summed E-state index contributed by atoms with van der Waals surface area (Å²) in [6.45, 7) is 2.84. The van der Waals surface area contributed by atoms with Crippen LogP contribution in [0.2, 0.25) is 5.02 Å². The van der Waals surface area contributed by atoms with Crippen molar-refractivity contribution in [3.8, 4) is 0 Å². The van der Waals surface area contributed by atoms with Crippen molar-refractivity contribution in [2.45, 2.75) is 18.3 Å². The second kappa shape index (κ2) is 7.43. The first-order valence-electron chi connectivity index (χ1n) is 9.09. The van der Waals surface area contributed by atoms with Crippen LogP contribution in [0.5, 0.6) is 0 Å². The molecule has 2 heterocycles. The molecule has 2 aliphatic rings. The van der Waals surface area contributed by atoms with Gasteiger partial charge in [-0.05, 0) is 24.6 Å². The SMILES string of the molecule is COCC(=O)N1CCS[C@]12C(=O)N(Cc1ccccc1Cl)c1ccc(C)cc12. The number of benzene rings is 2. The molecular weight excluding hydrogens is 396 g/mol. The number of fused-ring (bicyclic) bond motifs is 2. The number of hydrogen-bond donors (Lipinski definition) is 0. The Labute approximate surface area is 173 Å². The van der Waals surface area contributed by atoms with Crippen molar-refractivity contribution in [3.05, 3.63) is 64.2 Å². The fourth-order valence-electron chi connectivity index (χ4n) is 3.94. The fraction of sp³-hybridized carbons (Fsp3) is 0.333. The topological polar surface area (TPSA) is 49.9 Å².